The van der Waals surface area contributed by atoms with Crippen molar-refractivity contribution in [1.82, 2.24) is 15.1 Å². The van der Waals surface area contributed by atoms with Crippen LogP contribution in [0.5, 0.6) is 0 Å². The molecule has 0 N–H and O–H groups in total. The van der Waals surface area contributed by atoms with Crippen LogP contribution >= 0.6 is 15.9 Å². The molecule has 1 aromatic heterocycles. The van der Waals surface area contributed by atoms with Gasteiger partial charge in [-0.1, -0.05) is 15.9 Å². The van der Waals surface area contributed by atoms with Gasteiger partial charge in [-0.15, -0.1) is 0 Å². The van der Waals surface area contributed by atoms with Gasteiger partial charge >= 0.3 is 0 Å². The number of amides is 1. The highest BCUT2D eigenvalue weighted by Crippen LogP contribution is 2.21. The minimum absolute atomic E-state index is 0.0826. The van der Waals surface area contributed by atoms with Gasteiger partial charge in [-0.05, 0) is 31.2 Å². The first-order chi connectivity index (χ1) is 8.31. The van der Waals surface area contributed by atoms with Crippen molar-refractivity contribution in [2.75, 3.05) is 18.4 Å². The topological polar surface area (TPSA) is 46.1 Å². The summed E-state index contributed by atoms with van der Waals surface area (Å²) in [7, 11) is 0. The lowest BCUT2D eigenvalue weighted by atomic mass is 9.95. The second-order valence-electron chi connectivity index (χ2n) is 4.37. The molecule has 92 valence electrons. The van der Waals surface area contributed by atoms with Crippen molar-refractivity contribution >= 4 is 21.8 Å². The number of piperidine rings is 1. The van der Waals surface area contributed by atoms with E-state index in [0.717, 1.165) is 31.3 Å². The van der Waals surface area contributed by atoms with Gasteiger partial charge in [0, 0.05) is 18.4 Å². The molecule has 1 saturated heterocycles. The molecule has 2 rings (SSSR count). The summed E-state index contributed by atoms with van der Waals surface area (Å²) in [5, 5.41) is 8.45. The number of halogens is 1. The van der Waals surface area contributed by atoms with E-state index in [4.69, 9.17) is 0 Å². The van der Waals surface area contributed by atoms with Crippen LogP contribution in [-0.2, 0) is 0 Å². The van der Waals surface area contributed by atoms with Gasteiger partial charge in [0.1, 0.15) is 0 Å². The minimum atomic E-state index is 0.0826. The Morgan fingerprint density at radius 2 is 2.41 bits per heavy atom. The molecular weight excluding hydrogens is 282 g/mol. The van der Waals surface area contributed by atoms with E-state index < -0.39 is 0 Å². The molecule has 5 heteroatoms. The van der Waals surface area contributed by atoms with Gasteiger partial charge in [0.2, 0.25) is 0 Å². The first-order valence-corrected chi connectivity index (χ1v) is 7.05. The summed E-state index contributed by atoms with van der Waals surface area (Å²) in [6.45, 7) is 1.73. The molecule has 1 amide bonds. The number of aromatic nitrogens is 2. The van der Waals surface area contributed by atoms with E-state index in [0.29, 0.717) is 11.5 Å². The number of carbonyl (C=O) groups is 1. The quantitative estimate of drug-likeness (QED) is 0.803. The third kappa shape index (κ3) is 3.25. The highest BCUT2D eigenvalue weighted by atomic mass is 79.9. The fraction of sp³-hybridized carbons (Fsp3) is 0.583. The predicted molar refractivity (Wildman–Crippen MR) is 69.1 cm³/mol. The number of alkyl halides is 1. The monoisotopic (exact) mass is 297 g/mol. The van der Waals surface area contributed by atoms with Crippen molar-refractivity contribution in [2.45, 2.75) is 19.3 Å². The van der Waals surface area contributed by atoms with Crippen molar-refractivity contribution in [1.29, 1.82) is 0 Å². The molecule has 2 heterocycles. The Kier molecular flexibility index (Phi) is 4.48. The van der Waals surface area contributed by atoms with Crippen LogP contribution in [-0.4, -0.2) is 39.4 Å². The Labute approximate surface area is 110 Å². The molecule has 0 aromatic carbocycles. The molecular formula is C12H16BrN3O. The van der Waals surface area contributed by atoms with Gasteiger partial charge < -0.3 is 4.90 Å². The fourth-order valence-corrected chi connectivity index (χ4v) is 2.89. The molecule has 1 aliphatic rings. The largest absolute Gasteiger partial charge is 0.338 e. The van der Waals surface area contributed by atoms with Crippen LogP contribution in [0.2, 0.25) is 0 Å². The van der Waals surface area contributed by atoms with Gasteiger partial charge in [-0.2, -0.15) is 10.2 Å². The van der Waals surface area contributed by atoms with E-state index in [9.17, 15) is 4.79 Å². The second-order valence-corrected chi connectivity index (χ2v) is 5.16. The summed E-state index contributed by atoms with van der Waals surface area (Å²) < 4.78 is 0. The Bertz CT molecular complexity index is 369. The predicted octanol–water partition coefficient (Wildman–Crippen LogP) is 2.11. The van der Waals surface area contributed by atoms with Gasteiger partial charge in [0.15, 0.2) is 0 Å². The molecule has 1 aromatic rings. The smallest absolute Gasteiger partial charge is 0.255 e. The zero-order chi connectivity index (χ0) is 12.1. The highest BCUT2D eigenvalue weighted by Gasteiger charge is 2.24. The molecule has 1 unspecified atom stereocenters. The average molecular weight is 298 g/mol. The van der Waals surface area contributed by atoms with Gasteiger partial charge in [-0.25, -0.2) is 0 Å². The zero-order valence-electron chi connectivity index (χ0n) is 9.68. The lowest BCUT2D eigenvalue weighted by Crippen LogP contribution is -2.40. The molecule has 1 fully saturated rings. The zero-order valence-corrected chi connectivity index (χ0v) is 11.3. The van der Waals surface area contributed by atoms with Crippen molar-refractivity contribution < 1.29 is 4.79 Å². The molecule has 1 aliphatic heterocycles. The molecule has 0 bridgehead atoms. The van der Waals surface area contributed by atoms with Gasteiger partial charge in [0.25, 0.3) is 5.91 Å². The van der Waals surface area contributed by atoms with Crippen molar-refractivity contribution in [3.63, 3.8) is 0 Å². The first-order valence-electron chi connectivity index (χ1n) is 5.93. The Hall–Kier alpha value is -0.970. The normalized spacial score (nSPS) is 20.3. The number of rotatable bonds is 3. The highest BCUT2D eigenvalue weighted by molar-refractivity contribution is 9.09. The standard InChI is InChI=1S/C12H16BrN3O/c13-5-3-10-2-1-7-16(9-10)12(17)11-4-6-14-15-8-11/h4,6,8,10H,1-3,5,7,9H2. The Morgan fingerprint density at radius 1 is 1.53 bits per heavy atom. The van der Waals surface area contributed by atoms with Crippen LogP contribution in [0.15, 0.2) is 18.5 Å². The van der Waals surface area contributed by atoms with Crippen LogP contribution in [0, 0.1) is 5.92 Å². The molecule has 0 radical (unpaired) electrons. The van der Waals surface area contributed by atoms with Crippen molar-refractivity contribution in [3.8, 4) is 0 Å². The number of hydrogen-bond acceptors (Lipinski definition) is 3. The maximum Gasteiger partial charge on any atom is 0.255 e. The van der Waals surface area contributed by atoms with Crippen LogP contribution in [0.3, 0.4) is 0 Å². The van der Waals surface area contributed by atoms with Crippen LogP contribution in [0.1, 0.15) is 29.6 Å². The van der Waals surface area contributed by atoms with Crippen molar-refractivity contribution in [3.05, 3.63) is 24.0 Å². The summed E-state index contributed by atoms with van der Waals surface area (Å²) in [6, 6.07) is 1.73. The van der Waals surface area contributed by atoms with E-state index in [1.165, 1.54) is 12.6 Å². The number of nitrogens with zero attached hydrogens (tertiary/aromatic N) is 3. The van der Waals surface area contributed by atoms with Gasteiger partial charge in [0.05, 0.1) is 18.0 Å². The van der Waals surface area contributed by atoms with Gasteiger partial charge in [-0.3, -0.25) is 4.79 Å². The fourth-order valence-electron chi connectivity index (χ4n) is 2.24. The van der Waals surface area contributed by atoms with Crippen molar-refractivity contribution in [2.24, 2.45) is 5.92 Å². The molecule has 1 atom stereocenters. The van der Waals surface area contributed by atoms with E-state index >= 15 is 0 Å². The lowest BCUT2D eigenvalue weighted by Gasteiger charge is -2.32. The summed E-state index contributed by atoms with van der Waals surface area (Å²) in [4.78, 5) is 14.1. The maximum atomic E-state index is 12.2. The lowest BCUT2D eigenvalue weighted by molar-refractivity contribution is 0.0671. The molecule has 17 heavy (non-hydrogen) atoms. The third-order valence-corrected chi connectivity index (χ3v) is 3.61. The number of likely N-dealkylation sites (tertiary alicyclic amines) is 1. The van der Waals surface area contributed by atoms with E-state index in [1.807, 2.05) is 4.90 Å². The molecule has 0 saturated carbocycles. The van der Waals surface area contributed by atoms with Crippen LogP contribution in [0.25, 0.3) is 0 Å². The second kappa shape index (κ2) is 6.10. The summed E-state index contributed by atoms with van der Waals surface area (Å²) in [6.07, 6.45) is 6.56. The number of carbonyl (C=O) groups excluding carboxylic acids is 1. The van der Waals surface area contributed by atoms with E-state index in [-0.39, 0.29) is 5.91 Å². The minimum Gasteiger partial charge on any atom is -0.338 e. The average Bonchev–Trinajstić information content (AvgIpc) is 2.40. The van der Waals surface area contributed by atoms with E-state index in [1.54, 1.807) is 12.3 Å². The Balaban J connectivity index is 2.00. The molecule has 4 nitrogen and oxygen atoms in total. The SMILES string of the molecule is O=C(c1ccnnc1)N1CCCC(CCBr)C1. The summed E-state index contributed by atoms with van der Waals surface area (Å²) in [5.41, 5.74) is 0.638. The Morgan fingerprint density at radius 3 is 3.12 bits per heavy atom. The van der Waals surface area contributed by atoms with Crippen LogP contribution < -0.4 is 0 Å². The van der Waals surface area contributed by atoms with E-state index in [2.05, 4.69) is 26.1 Å². The molecule has 0 aliphatic carbocycles. The maximum absolute atomic E-state index is 12.2. The third-order valence-electron chi connectivity index (χ3n) is 3.15. The summed E-state index contributed by atoms with van der Waals surface area (Å²) in [5.74, 6) is 0.709. The number of hydrogen-bond donors (Lipinski definition) is 0. The summed E-state index contributed by atoms with van der Waals surface area (Å²) >= 11 is 3.47. The molecule has 0 spiro atoms. The first kappa shape index (κ1) is 12.5. The van der Waals surface area contributed by atoms with Crippen LogP contribution in [0.4, 0.5) is 0 Å².